The van der Waals surface area contributed by atoms with Crippen LogP contribution in [0.5, 0.6) is 0 Å². The van der Waals surface area contributed by atoms with Crippen LogP contribution in [0.4, 0.5) is 0 Å². The van der Waals surface area contributed by atoms with E-state index in [1.807, 2.05) is 0 Å². The minimum Gasteiger partial charge on any atom is 2.00 e. The fourth-order valence-corrected chi connectivity index (χ4v) is 0. The molecule has 0 bridgehead atoms. The molecule has 0 unspecified atom stereocenters. The Morgan fingerprint density at radius 1 is 1.40 bits per heavy atom. The van der Waals surface area contributed by atoms with Gasteiger partial charge in [0.2, 0.25) is 0 Å². The van der Waals surface area contributed by atoms with Gasteiger partial charge in [-0.3, -0.25) is 0 Å². The van der Waals surface area contributed by atoms with Gasteiger partial charge >= 0.3 is 54.3 Å². The van der Waals surface area contributed by atoms with Gasteiger partial charge in [-0.2, -0.15) is 0 Å². The van der Waals surface area contributed by atoms with E-state index < -0.39 is 15.0 Å². The molecule has 5 heavy (non-hydrogen) atoms. The molecule has 0 amide bonds. The predicted molar refractivity (Wildman–Crippen MR) is 12.2 cm³/mol. The predicted octanol–water partition coefficient (Wildman–Crippen LogP) is -3.26. The van der Waals surface area contributed by atoms with Gasteiger partial charge in [0.15, 0.2) is 0 Å². The van der Waals surface area contributed by atoms with Crippen molar-refractivity contribution in [1.29, 1.82) is 0 Å². The SMILES string of the molecule is [O]=[Ge]([O-])[O-].[Pb+2]. The normalized spacial score (nSPS) is 4.80. The molecule has 2 radical (unpaired) electrons. The van der Waals surface area contributed by atoms with Crippen LogP contribution in [0.25, 0.3) is 0 Å². The quantitative estimate of drug-likeness (QED) is 0.439. The third-order valence-electron chi connectivity index (χ3n) is 0. The Balaban J connectivity index is 0. The molecule has 5 heteroatoms. The van der Waals surface area contributed by atoms with Crippen molar-refractivity contribution in [2.45, 2.75) is 0 Å². The van der Waals surface area contributed by atoms with Crippen LogP contribution in [-0.4, -0.2) is 42.3 Å². The summed E-state index contributed by atoms with van der Waals surface area (Å²) < 4.78 is 25.8. The minimum absolute atomic E-state index is 0. The fraction of sp³-hybridized carbons (Fsp3) is 0. The Morgan fingerprint density at radius 2 is 1.40 bits per heavy atom. The molecule has 0 saturated carbocycles. The van der Waals surface area contributed by atoms with Crippen molar-refractivity contribution in [3.8, 4) is 0 Å². The summed E-state index contributed by atoms with van der Waals surface area (Å²) in [6.07, 6.45) is 0. The van der Waals surface area contributed by atoms with Gasteiger partial charge in [-0.15, -0.1) is 0 Å². The van der Waals surface area contributed by atoms with Gasteiger partial charge in [-0.25, -0.2) is 0 Å². The zero-order chi connectivity index (χ0) is 3.58. The van der Waals surface area contributed by atoms with Crippen molar-refractivity contribution >= 4 is 42.3 Å². The van der Waals surface area contributed by atoms with E-state index in [2.05, 4.69) is 0 Å². The molecule has 26 valence electrons. The molecule has 3 nitrogen and oxygen atoms in total. The van der Waals surface area contributed by atoms with Crippen LogP contribution in [0.3, 0.4) is 0 Å². The van der Waals surface area contributed by atoms with Crippen molar-refractivity contribution < 1.29 is 12.0 Å². The Hall–Kier alpha value is 0.865. The van der Waals surface area contributed by atoms with E-state index in [1.165, 1.54) is 0 Å². The average Bonchev–Trinajstić information content (AvgIpc) is 0.811. The maximum Gasteiger partial charge on any atom is 2.00 e. The van der Waals surface area contributed by atoms with Crippen molar-refractivity contribution in [2.75, 3.05) is 0 Å². The van der Waals surface area contributed by atoms with Gasteiger partial charge in [-0.1, -0.05) is 0 Å². The molecule has 0 aromatic heterocycles. The van der Waals surface area contributed by atoms with Crippen LogP contribution in [0, 0.1) is 0 Å². The van der Waals surface area contributed by atoms with Crippen LogP contribution in [0.1, 0.15) is 0 Å². The Morgan fingerprint density at radius 3 is 1.40 bits per heavy atom. The van der Waals surface area contributed by atoms with Gasteiger partial charge in [0, 0.05) is 0 Å². The molecule has 0 aromatic rings. The molecule has 0 spiro atoms. The monoisotopic (exact) mass is 330 g/mol. The molecule has 0 heterocycles. The molecule has 0 rings (SSSR count). The molecule has 0 aliphatic heterocycles. The first-order valence-corrected chi connectivity index (χ1v) is 3.18. The van der Waals surface area contributed by atoms with E-state index in [9.17, 15) is 0 Å². The molecular weight excluding hydrogens is 328 g/mol. The van der Waals surface area contributed by atoms with Gasteiger partial charge in [0.05, 0.1) is 0 Å². The Bertz CT molecular complexity index is 29.9. The van der Waals surface area contributed by atoms with Gasteiger partial charge in [0.1, 0.15) is 0 Å². The van der Waals surface area contributed by atoms with E-state index in [-0.39, 0.29) is 27.3 Å². The summed E-state index contributed by atoms with van der Waals surface area (Å²) in [5.74, 6) is 0. The van der Waals surface area contributed by atoms with Crippen molar-refractivity contribution in [3.63, 3.8) is 0 Å². The third-order valence-corrected chi connectivity index (χ3v) is 0. The molecule has 0 saturated heterocycles. The molecular formula is GeO3Pb. The van der Waals surface area contributed by atoms with Crippen LogP contribution in [-0.2, 0) is 3.78 Å². The molecule has 0 atom stereocenters. The zero-order valence-electron chi connectivity index (χ0n) is 2.22. The first-order chi connectivity index (χ1) is 1.73. The summed E-state index contributed by atoms with van der Waals surface area (Å²) in [6, 6.07) is 0. The molecule has 0 aromatic carbocycles. The summed E-state index contributed by atoms with van der Waals surface area (Å²) in [6.45, 7) is 0. The van der Waals surface area contributed by atoms with Crippen molar-refractivity contribution in [1.82, 2.24) is 0 Å². The zero-order valence-corrected chi connectivity index (χ0v) is 8.21. The smallest absolute Gasteiger partial charge is 2.00 e. The standard InChI is InChI=1S/GeO3.Pb/c2-1(3)4;/q-2;+2. The number of hydrogen-bond donors (Lipinski definition) is 0. The summed E-state index contributed by atoms with van der Waals surface area (Å²) in [5.41, 5.74) is 0. The first kappa shape index (κ1) is 9.29. The summed E-state index contributed by atoms with van der Waals surface area (Å²) in [5, 5.41) is 0. The van der Waals surface area contributed by atoms with E-state index >= 15 is 0 Å². The third kappa shape index (κ3) is 53.4. The van der Waals surface area contributed by atoms with Crippen molar-refractivity contribution in [2.24, 2.45) is 0 Å². The topological polar surface area (TPSA) is 63.2 Å². The molecule has 0 aliphatic carbocycles. The second-order valence-electron chi connectivity index (χ2n) is 0.250. The average molecular weight is 328 g/mol. The number of hydrogen-bond acceptors (Lipinski definition) is 3. The van der Waals surface area contributed by atoms with Crippen LogP contribution in [0.2, 0.25) is 0 Å². The first-order valence-electron chi connectivity index (χ1n) is 0.612. The summed E-state index contributed by atoms with van der Waals surface area (Å²) >= 11 is -4.08. The van der Waals surface area contributed by atoms with E-state index in [4.69, 9.17) is 12.0 Å². The second-order valence-corrected chi connectivity index (χ2v) is 1.30. The fourth-order valence-electron chi connectivity index (χ4n) is 0. The van der Waals surface area contributed by atoms with Crippen LogP contribution in [0.15, 0.2) is 0 Å². The Kier molecular flexibility index (Phi) is 9.04. The molecule has 0 fully saturated rings. The van der Waals surface area contributed by atoms with E-state index in [1.54, 1.807) is 0 Å². The van der Waals surface area contributed by atoms with Gasteiger partial charge < -0.3 is 0 Å². The molecule has 0 N–H and O–H groups in total. The molecule has 0 aliphatic rings. The summed E-state index contributed by atoms with van der Waals surface area (Å²) in [7, 11) is 0. The van der Waals surface area contributed by atoms with E-state index in [0.717, 1.165) is 0 Å². The largest absolute Gasteiger partial charge is 2.00 e. The Labute approximate surface area is 54.2 Å². The number of rotatable bonds is 0. The minimum atomic E-state index is -4.08. The van der Waals surface area contributed by atoms with E-state index in [0.29, 0.717) is 0 Å². The van der Waals surface area contributed by atoms with Gasteiger partial charge in [0.25, 0.3) is 0 Å². The summed E-state index contributed by atoms with van der Waals surface area (Å²) in [4.78, 5) is 0. The maximum atomic E-state index is 8.58. The maximum absolute atomic E-state index is 8.58. The van der Waals surface area contributed by atoms with Gasteiger partial charge in [-0.05, 0) is 0 Å². The second kappa shape index (κ2) is 4.86. The van der Waals surface area contributed by atoms with Crippen LogP contribution >= 0.6 is 0 Å². The van der Waals surface area contributed by atoms with Crippen molar-refractivity contribution in [3.05, 3.63) is 0 Å². The van der Waals surface area contributed by atoms with Crippen LogP contribution < -0.4 is 8.27 Å².